The summed E-state index contributed by atoms with van der Waals surface area (Å²) in [7, 11) is -0.582. The summed E-state index contributed by atoms with van der Waals surface area (Å²) in [5.41, 5.74) is 0.657. The summed E-state index contributed by atoms with van der Waals surface area (Å²) in [4.78, 5) is 11.2. The van der Waals surface area contributed by atoms with Gasteiger partial charge in [0.2, 0.25) is 5.78 Å². The van der Waals surface area contributed by atoms with E-state index in [1.54, 1.807) is 6.92 Å². The molecule has 0 saturated heterocycles. The van der Waals surface area contributed by atoms with Crippen molar-refractivity contribution in [1.29, 1.82) is 0 Å². The van der Waals surface area contributed by atoms with E-state index in [1.165, 1.54) is 0 Å². The lowest BCUT2D eigenvalue weighted by molar-refractivity contribution is -0.880. The summed E-state index contributed by atoms with van der Waals surface area (Å²) in [6.45, 7) is 8.98. The quantitative estimate of drug-likeness (QED) is 0.435. The highest BCUT2D eigenvalue weighted by atomic mass is 32.3. The fraction of sp³-hybridized carbons (Fsp3) is 0.667. The van der Waals surface area contributed by atoms with Crippen LogP contribution in [0.2, 0.25) is 0 Å². The van der Waals surface area contributed by atoms with Crippen LogP contribution in [0.25, 0.3) is 0 Å². The molecular formula is C9H20NO5S+. The van der Waals surface area contributed by atoms with Crippen LogP contribution in [0.4, 0.5) is 0 Å². The van der Waals surface area contributed by atoms with Crippen molar-refractivity contribution in [2.75, 3.05) is 27.2 Å². The van der Waals surface area contributed by atoms with Crippen LogP contribution >= 0.6 is 0 Å². The number of hydrogen-bond acceptors (Lipinski definition) is 3. The van der Waals surface area contributed by atoms with E-state index in [1.807, 2.05) is 14.1 Å². The molecule has 0 unspecified atom stereocenters. The number of nitrogens with zero attached hydrogens (tertiary/aromatic N) is 1. The van der Waals surface area contributed by atoms with Crippen molar-refractivity contribution in [3.63, 3.8) is 0 Å². The highest BCUT2D eigenvalue weighted by Crippen LogP contribution is 1.99. The van der Waals surface area contributed by atoms with E-state index in [-0.39, 0.29) is 5.78 Å². The van der Waals surface area contributed by atoms with Gasteiger partial charge in [-0.1, -0.05) is 6.58 Å². The van der Waals surface area contributed by atoms with Crippen molar-refractivity contribution in [2.45, 2.75) is 13.8 Å². The number of likely N-dealkylation sites (N-methyl/N-ethyl adjacent to an activating group) is 1. The molecule has 0 atom stereocenters. The minimum atomic E-state index is -4.67. The lowest BCUT2D eigenvalue weighted by Crippen LogP contribution is -2.43. The van der Waals surface area contributed by atoms with Crippen molar-refractivity contribution in [3.05, 3.63) is 12.2 Å². The number of hydrogen-bond donors (Lipinski definition) is 2. The van der Waals surface area contributed by atoms with Gasteiger partial charge in [0.05, 0.1) is 20.6 Å². The smallest absolute Gasteiger partial charge is 0.322 e. The van der Waals surface area contributed by atoms with Gasteiger partial charge in [0.25, 0.3) is 0 Å². The van der Waals surface area contributed by atoms with Gasteiger partial charge in [-0.3, -0.25) is 13.9 Å². The molecule has 0 rings (SSSR count). The van der Waals surface area contributed by atoms with Crippen molar-refractivity contribution in [3.8, 4) is 0 Å². The summed E-state index contributed by atoms with van der Waals surface area (Å²) >= 11 is 0. The monoisotopic (exact) mass is 254 g/mol. The Bertz CT molecular complexity index is 337. The summed E-state index contributed by atoms with van der Waals surface area (Å²) in [5, 5.41) is 0. The predicted octanol–water partition coefficient (Wildman–Crippen LogP) is 0.575. The zero-order chi connectivity index (χ0) is 13.6. The van der Waals surface area contributed by atoms with Gasteiger partial charge in [-0.15, -0.1) is 0 Å². The molecule has 0 aromatic carbocycles. The maximum absolute atomic E-state index is 11.2. The zero-order valence-electron chi connectivity index (χ0n) is 10.1. The fourth-order valence-electron chi connectivity index (χ4n) is 0.636. The number of ketones is 1. The van der Waals surface area contributed by atoms with Gasteiger partial charge in [-0.25, -0.2) is 0 Å². The summed E-state index contributed by atoms with van der Waals surface area (Å²) in [6.07, 6.45) is 0. The third-order valence-corrected chi connectivity index (χ3v) is 1.90. The molecule has 0 aliphatic heterocycles. The molecule has 96 valence electrons. The molecule has 0 fully saturated rings. The van der Waals surface area contributed by atoms with Crippen molar-refractivity contribution in [1.82, 2.24) is 0 Å². The lowest BCUT2D eigenvalue weighted by atomic mass is 10.2. The van der Waals surface area contributed by atoms with Crippen molar-refractivity contribution < 1.29 is 26.8 Å². The minimum absolute atomic E-state index is 0.164. The van der Waals surface area contributed by atoms with Crippen LogP contribution < -0.4 is 0 Å². The van der Waals surface area contributed by atoms with E-state index in [9.17, 15) is 4.79 Å². The molecule has 0 heterocycles. The van der Waals surface area contributed by atoms with Crippen LogP contribution in [0.1, 0.15) is 13.8 Å². The van der Waals surface area contributed by atoms with Crippen LogP contribution in [0.5, 0.6) is 0 Å². The topological polar surface area (TPSA) is 91.7 Å². The van der Waals surface area contributed by atoms with Crippen LogP contribution in [-0.2, 0) is 15.2 Å². The Labute approximate surface area is 96.7 Å². The molecule has 0 aliphatic carbocycles. The van der Waals surface area contributed by atoms with E-state index >= 15 is 0 Å². The van der Waals surface area contributed by atoms with Gasteiger partial charge < -0.3 is 4.48 Å². The number of carbonyl (C=O) groups is 1. The van der Waals surface area contributed by atoms with E-state index in [4.69, 9.17) is 17.5 Å². The van der Waals surface area contributed by atoms with Crippen molar-refractivity contribution >= 4 is 16.2 Å². The molecule has 0 saturated carbocycles. The summed E-state index contributed by atoms with van der Waals surface area (Å²) in [5.74, 6) is 0.164. The first-order valence-electron chi connectivity index (χ1n) is 4.59. The van der Waals surface area contributed by atoms with Gasteiger partial charge in [0.15, 0.2) is 0 Å². The van der Waals surface area contributed by atoms with Crippen LogP contribution in [0.15, 0.2) is 12.2 Å². The van der Waals surface area contributed by atoms with Gasteiger partial charge in [-0.2, -0.15) is 8.42 Å². The molecule has 6 nitrogen and oxygen atoms in total. The van der Waals surface area contributed by atoms with Crippen LogP contribution in [-0.4, -0.2) is 55.0 Å². The molecule has 7 heteroatoms. The normalized spacial score (nSPS) is 11.4. The molecule has 16 heavy (non-hydrogen) atoms. The number of quaternary nitrogens is 1. The third kappa shape index (κ3) is 15.7. The third-order valence-electron chi connectivity index (χ3n) is 1.90. The Kier molecular flexibility index (Phi) is 7.43. The summed E-state index contributed by atoms with van der Waals surface area (Å²) < 4.78 is 32.3. The first kappa shape index (κ1) is 17.6. The molecule has 0 amide bonds. The predicted molar refractivity (Wildman–Crippen MR) is 61.5 cm³/mol. The lowest BCUT2D eigenvalue weighted by Gasteiger charge is -2.27. The van der Waals surface area contributed by atoms with E-state index in [0.29, 0.717) is 12.1 Å². The van der Waals surface area contributed by atoms with Crippen molar-refractivity contribution in [2.24, 2.45) is 0 Å². The fourth-order valence-corrected chi connectivity index (χ4v) is 0.636. The van der Waals surface area contributed by atoms with E-state index < -0.39 is 10.4 Å². The van der Waals surface area contributed by atoms with Gasteiger partial charge in [0.1, 0.15) is 6.54 Å². The molecule has 0 bridgehead atoms. The highest BCUT2D eigenvalue weighted by Gasteiger charge is 2.17. The number of Topliss-reactive ketones (excluding diaryl/α,β-unsaturated/α-hetero) is 1. The second kappa shape index (κ2) is 6.74. The Morgan fingerprint density at radius 2 is 1.62 bits per heavy atom. The Morgan fingerprint density at radius 3 is 1.81 bits per heavy atom. The SMILES string of the molecule is C=C(C)C(=O)C[N+](C)(C)CC.O=S(=O)(O)O. The largest absolute Gasteiger partial charge is 0.394 e. The molecule has 0 aromatic rings. The second-order valence-electron chi connectivity index (χ2n) is 4.06. The zero-order valence-corrected chi connectivity index (χ0v) is 10.9. The van der Waals surface area contributed by atoms with Crippen LogP contribution in [0, 0.1) is 0 Å². The average Bonchev–Trinajstić information content (AvgIpc) is 2.00. The van der Waals surface area contributed by atoms with Crippen LogP contribution in [0.3, 0.4) is 0 Å². The van der Waals surface area contributed by atoms with Gasteiger partial charge >= 0.3 is 10.4 Å². The minimum Gasteiger partial charge on any atom is -0.322 e. The highest BCUT2D eigenvalue weighted by molar-refractivity contribution is 7.79. The number of rotatable bonds is 4. The van der Waals surface area contributed by atoms with E-state index in [2.05, 4.69) is 13.5 Å². The Morgan fingerprint density at radius 1 is 1.31 bits per heavy atom. The molecule has 0 spiro atoms. The number of carbonyl (C=O) groups excluding carboxylic acids is 1. The Balaban J connectivity index is 0. The second-order valence-corrected chi connectivity index (χ2v) is 4.96. The summed E-state index contributed by atoms with van der Waals surface area (Å²) in [6, 6.07) is 0. The maximum atomic E-state index is 11.2. The molecule has 0 aromatic heterocycles. The molecule has 0 radical (unpaired) electrons. The maximum Gasteiger partial charge on any atom is 0.394 e. The molecule has 2 N–H and O–H groups in total. The standard InChI is InChI=1S/C9H18NO.H2O4S/c1-6-10(4,5)7-9(11)8(2)3;1-5(2,3)4/h2,6-7H2,1,3-5H3;(H2,1,2,3,4)/q+1;. The first-order chi connectivity index (χ1) is 6.89. The molecule has 0 aliphatic rings. The molecular weight excluding hydrogens is 234 g/mol. The van der Waals surface area contributed by atoms with Gasteiger partial charge in [-0.05, 0) is 19.4 Å². The first-order valence-corrected chi connectivity index (χ1v) is 5.99. The van der Waals surface area contributed by atoms with Gasteiger partial charge in [0, 0.05) is 0 Å². The Hall–Kier alpha value is -0.760. The van der Waals surface area contributed by atoms with E-state index in [0.717, 1.165) is 11.0 Å². The average molecular weight is 254 g/mol.